The normalized spacial score (nSPS) is 21.9. The molecule has 2 atom stereocenters. The van der Waals surface area contributed by atoms with Gasteiger partial charge in [-0.05, 0) is 50.5 Å². The first-order valence-electron chi connectivity index (χ1n) is 10.4. The fourth-order valence-electron chi connectivity index (χ4n) is 4.23. The number of rotatable bonds is 6. The van der Waals surface area contributed by atoms with Crippen molar-refractivity contribution >= 4 is 21.6 Å². The Bertz CT molecular complexity index is 1010. The number of anilines is 1. The molecule has 30 heavy (non-hydrogen) atoms. The third-order valence-electron chi connectivity index (χ3n) is 5.84. The molecule has 4 rings (SSSR count). The van der Waals surface area contributed by atoms with E-state index in [1.165, 1.54) is 10.4 Å². The molecular formula is C21H28N4O4S. The third kappa shape index (κ3) is 3.73. The molecular weight excluding hydrogens is 404 g/mol. The summed E-state index contributed by atoms with van der Waals surface area (Å²) in [6.45, 7) is 5.99. The van der Waals surface area contributed by atoms with E-state index in [0.29, 0.717) is 18.0 Å². The van der Waals surface area contributed by atoms with Crippen LogP contribution in [0.5, 0.6) is 0 Å². The molecule has 9 heteroatoms. The van der Waals surface area contributed by atoms with Gasteiger partial charge in [-0.25, -0.2) is 5.43 Å². The van der Waals surface area contributed by atoms with Gasteiger partial charge in [-0.1, -0.05) is 18.2 Å². The summed E-state index contributed by atoms with van der Waals surface area (Å²) in [7, 11) is -3.87. The minimum Gasteiger partial charge on any atom is -0.446 e. The quantitative estimate of drug-likeness (QED) is 0.727. The second kappa shape index (κ2) is 8.41. The van der Waals surface area contributed by atoms with Gasteiger partial charge in [-0.3, -0.25) is 14.5 Å². The first kappa shape index (κ1) is 20.9. The lowest BCUT2D eigenvalue weighted by Gasteiger charge is -2.24. The van der Waals surface area contributed by atoms with Gasteiger partial charge in [0.1, 0.15) is 5.76 Å². The summed E-state index contributed by atoms with van der Waals surface area (Å²) in [5.41, 5.74) is 7.59. The number of carbonyl (C=O) groups is 1. The zero-order chi connectivity index (χ0) is 21.3. The van der Waals surface area contributed by atoms with E-state index in [-0.39, 0.29) is 23.5 Å². The number of para-hydroxylation sites is 1. The van der Waals surface area contributed by atoms with Crippen LogP contribution in [0.1, 0.15) is 37.1 Å². The maximum absolute atomic E-state index is 13.3. The Morgan fingerprint density at radius 1 is 1.20 bits per heavy atom. The van der Waals surface area contributed by atoms with Crippen molar-refractivity contribution in [2.24, 2.45) is 5.92 Å². The monoisotopic (exact) mass is 432 g/mol. The number of carbonyl (C=O) groups excluding carboxylic acids is 1. The smallest absolute Gasteiger partial charge is 0.297 e. The summed E-state index contributed by atoms with van der Waals surface area (Å²) >= 11 is 0. The van der Waals surface area contributed by atoms with Crippen LogP contribution in [-0.2, 0) is 14.8 Å². The van der Waals surface area contributed by atoms with Crippen LogP contribution in [0.15, 0.2) is 45.9 Å². The van der Waals surface area contributed by atoms with E-state index < -0.39 is 16.1 Å². The van der Waals surface area contributed by atoms with Crippen molar-refractivity contribution in [3.8, 4) is 0 Å². The molecule has 2 aliphatic rings. The Balaban J connectivity index is 1.59. The molecule has 0 spiro atoms. The molecule has 2 aromatic rings. The standard InChI is InChI=1S/C21H28N4O4S/c1-3-25(17-9-5-4-8-15(17)2)30(27,28)19-11-10-18(29-19)20-16(14-22-23-20)21(26)24-12-6-7-13-24/h4-5,8-11,16,20,22-23H,3,6-7,12-14H2,1-2H3. The van der Waals surface area contributed by atoms with E-state index in [4.69, 9.17) is 4.42 Å². The average molecular weight is 433 g/mol. The van der Waals surface area contributed by atoms with Gasteiger partial charge >= 0.3 is 0 Å². The molecule has 162 valence electrons. The Hall–Kier alpha value is -2.36. The van der Waals surface area contributed by atoms with Crippen molar-refractivity contribution in [1.29, 1.82) is 0 Å². The van der Waals surface area contributed by atoms with Gasteiger partial charge in [-0.15, -0.1) is 0 Å². The summed E-state index contributed by atoms with van der Waals surface area (Å²) in [5.74, 6) is 0.186. The van der Waals surface area contributed by atoms with Crippen LogP contribution in [0.3, 0.4) is 0 Å². The molecule has 0 saturated carbocycles. The lowest BCUT2D eigenvalue weighted by Crippen LogP contribution is -2.37. The van der Waals surface area contributed by atoms with Gasteiger partial charge in [0.25, 0.3) is 10.0 Å². The number of sulfonamides is 1. The van der Waals surface area contributed by atoms with Crippen LogP contribution in [0, 0.1) is 12.8 Å². The minimum atomic E-state index is -3.87. The fourth-order valence-corrected chi connectivity index (χ4v) is 5.69. The molecule has 1 aromatic heterocycles. The van der Waals surface area contributed by atoms with Crippen LogP contribution in [0.4, 0.5) is 5.69 Å². The number of nitrogens with one attached hydrogen (secondary N) is 2. The second-order valence-electron chi connectivity index (χ2n) is 7.75. The highest BCUT2D eigenvalue weighted by molar-refractivity contribution is 7.92. The Labute approximate surface area is 177 Å². The number of furan rings is 1. The van der Waals surface area contributed by atoms with Gasteiger partial charge in [0, 0.05) is 26.2 Å². The molecule has 2 fully saturated rings. The Morgan fingerprint density at radius 2 is 1.93 bits per heavy atom. The van der Waals surface area contributed by atoms with Gasteiger partial charge in [0.2, 0.25) is 11.0 Å². The number of nitrogens with zero attached hydrogens (tertiary/aromatic N) is 2. The average Bonchev–Trinajstić information content (AvgIpc) is 3.49. The molecule has 0 aliphatic carbocycles. The van der Waals surface area contributed by atoms with E-state index in [1.807, 2.05) is 30.0 Å². The fraction of sp³-hybridized carbons (Fsp3) is 0.476. The first-order chi connectivity index (χ1) is 14.4. The summed E-state index contributed by atoms with van der Waals surface area (Å²) in [5, 5.41) is -0.122. The van der Waals surface area contributed by atoms with Crippen molar-refractivity contribution in [3.63, 3.8) is 0 Å². The molecule has 2 N–H and O–H groups in total. The highest BCUT2D eigenvalue weighted by Crippen LogP contribution is 2.32. The van der Waals surface area contributed by atoms with Crippen molar-refractivity contribution in [2.45, 2.75) is 37.8 Å². The molecule has 8 nitrogen and oxygen atoms in total. The number of amides is 1. The summed E-state index contributed by atoms with van der Waals surface area (Å²) in [6.07, 6.45) is 2.05. The van der Waals surface area contributed by atoms with Crippen LogP contribution < -0.4 is 15.2 Å². The number of hydrazine groups is 1. The number of aryl methyl sites for hydroxylation is 1. The molecule has 1 aromatic carbocycles. The van der Waals surface area contributed by atoms with Gasteiger partial charge < -0.3 is 9.32 Å². The van der Waals surface area contributed by atoms with E-state index in [1.54, 1.807) is 19.1 Å². The van der Waals surface area contributed by atoms with Gasteiger partial charge in [-0.2, -0.15) is 8.42 Å². The van der Waals surface area contributed by atoms with Crippen molar-refractivity contribution in [3.05, 3.63) is 47.7 Å². The summed E-state index contributed by atoms with van der Waals surface area (Å²) in [4.78, 5) is 14.8. The molecule has 2 aliphatic heterocycles. The molecule has 0 radical (unpaired) electrons. The first-order valence-corrected chi connectivity index (χ1v) is 11.8. The number of likely N-dealkylation sites (tertiary alicyclic amines) is 1. The Morgan fingerprint density at radius 3 is 2.63 bits per heavy atom. The predicted octanol–water partition coefficient (Wildman–Crippen LogP) is 2.19. The molecule has 1 amide bonds. The van der Waals surface area contributed by atoms with Crippen molar-refractivity contribution < 1.29 is 17.6 Å². The number of hydrogen-bond donors (Lipinski definition) is 2. The Kier molecular flexibility index (Phi) is 5.86. The zero-order valence-electron chi connectivity index (χ0n) is 17.3. The maximum Gasteiger partial charge on any atom is 0.297 e. The lowest BCUT2D eigenvalue weighted by atomic mass is 9.98. The van der Waals surface area contributed by atoms with Crippen LogP contribution in [0.25, 0.3) is 0 Å². The number of hydrogen-bond acceptors (Lipinski definition) is 6. The van der Waals surface area contributed by atoms with E-state index in [9.17, 15) is 13.2 Å². The highest BCUT2D eigenvalue weighted by atomic mass is 32.2. The maximum atomic E-state index is 13.3. The lowest BCUT2D eigenvalue weighted by molar-refractivity contribution is -0.134. The molecule has 2 unspecified atom stereocenters. The van der Waals surface area contributed by atoms with E-state index >= 15 is 0 Å². The second-order valence-corrected chi connectivity index (χ2v) is 9.55. The predicted molar refractivity (Wildman–Crippen MR) is 113 cm³/mol. The van der Waals surface area contributed by atoms with Crippen LogP contribution >= 0.6 is 0 Å². The molecule has 3 heterocycles. The zero-order valence-corrected chi connectivity index (χ0v) is 18.1. The van der Waals surface area contributed by atoms with Crippen LogP contribution in [-0.4, -0.2) is 45.4 Å². The van der Waals surface area contributed by atoms with Gasteiger partial charge in [0.15, 0.2) is 0 Å². The number of benzene rings is 1. The summed E-state index contributed by atoms with van der Waals surface area (Å²) in [6, 6.07) is 10.1. The minimum absolute atomic E-state index is 0.0749. The third-order valence-corrected chi connectivity index (χ3v) is 7.60. The largest absolute Gasteiger partial charge is 0.446 e. The highest BCUT2D eigenvalue weighted by Gasteiger charge is 2.39. The van der Waals surface area contributed by atoms with E-state index in [2.05, 4.69) is 10.9 Å². The van der Waals surface area contributed by atoms with Crippen molar-refractivity contribution in [1.82, 2.24) is 15.8 Å². The van der Waals surface area contributed by atoms with E-state index in [0.717, 1.165) is 31.5 Å². The summed E-state index contributed by atoms with van der Waals surface area (Å²) < 4.78 is 33.7. The molecule has 0 bridgehead atoms. The van der Waals surface area contributed by atoms with Gasteiger partial charge in [0.05, 0.1) is 17.6 Å². The SMILES string of the molecule is CCN(c1ccccc1C)S(=O)(=O)c1ccc(C2NNCC2C(=O)N2CCCC2)o1. The van der Waals surface area contributed by atoms with Crippen molar-refractivity contribution in [2.75, 3.05) is 30.5 Å². The topological polar surface area (TPSA) is 94.9 Å². The van der Waals surface area contributed by atoms with Crippen LogP contribution in [0.2, 0.25) is 0 Å². The molecule has 2 saturated heterocycles.